The fourth-order valence-electron chi connectivity index (χ4n) is 2.41. The molecular weight excluding hydrogens is 242 g/mol. The number of imidazole rings is 1. The van der Waals surface area contributed by atoms with Crippen molar-refractivity contribution in [2.75, 3.05) is 6.54 Å². The van der Waals surface area contributed by atoms with E-state index in [2.05, 4.69) is 44.2 Å². The monoisotopic (exact) mass is 259 g/mol. The van der Waals surface area contributed by atoms with Gasteiger partial charge in [0.15, 0.2) is 0 Å². The van der Waals surface area contributed by atoms with Gasteiger partial charge in [0.2, 0.25) is 0 Å². The van der Waals surface area contributed by atoms with Crippen molar-refractivity contribution in [3.8, 4) is 0 Å². The topological polar surface area (TPSA) is 21.1 Å². The largest absolute Gasteiger partial charge is 0.370 e. The van der Waals surface area contributed by atoms with Crippen molar-refractivity contribution < 1.29 is 0 Å². The molecule has 0 spiro atoms. The summed E-state index contributed by atoms with van der Waals surface area (Å²) in [5.41, 5.74) is 0. The molecule has 0 saturated heterocycles. The van der Waals surface area contributed by atoms with Gasteiger partial charge in [-0.3, -0.25) is 0 Å². The first-order chi connectivity index (χ1) is 8.93. The van der Waals surface area contributed by atoms with Gasteiger partial charge in [-0.15, -0.1) is 11.3 Å². The van der Waals surface area contributed by atoms with Gasteiger partial charge in [-0.1, -0.05) is 12.1 Å². The van der Waals surface area contributed by atoms with E-state index in [1.165, 1.54) is 4.88 Å². The maximum Gasteiger partial charge on any atom is 0.0945 e. The molecule has 1 atom stereocenters. The molecule has 1 unspecified atom stereocenters. The summed E-state index contributed by atoms with van der Waals surface area (Å²) in [6.07, 6.45) is 12.6. The highest BCUT2D eigenvalue weighted by Crippen LogP contribution is 2.32. The van der Waals surface area contributed by atoms with E-state index in [0.717, 1.165) is 25.9 Å². The molecule has 0 aromatic carbocycles. The summed E-state index contributed by atoms with van der Waals surface area (Å²) in [6.45, 7) is 2.15. The number of aromatic nitrogens is 2. The molecule has 4 heteroatoms. The van der Waals surface area contributed by atoms with Gasteiger partial charge in [-0.2, -0.15) is 0 Å². The zero-order valence-electron chi connectivity index (χ0n) is 10.3. The van der Waals surface area contributed by atoms with Gasteiger partial charge in [0.05, 0.1) is 12.4 Å². The van der Waals surface area contributed by atoms with Gasteiger partial charge in [-0.05, 0) is 30.5 Å². The van der Waals surface area contributed by atoms with Crippen LogP contribution in [0.2, 0.25) is 0 Å². The molecule has 3 heterocycles. The van der Waals surface area contributed by atoms with Crippen molar-refractivity contribution in [3.63, 3.8) is 0 Å². The Labute approximate surface area is 111 Å². The Kier molecular flexibility index (Phi) is 3.46. The average molecular weight is 259 g/mol. The molecule has 3 rings (SSSR count). The summed E-state index contributed by atoms with van der Waals surface area (Å²) in [5.74, 6) is 0. The molecule has 2 aromatic rings. The molecule has 0 radical (unpaired) electrons. The van der Waals surface area contributed by atoms with Crippen LogP contribution in [0.25, 0.3) is 0 Å². The van der Waals surface area contributed by atoms with Gasteiger partial charge >= 0.3 is 0 Å². The second-order valence-electron chi connectivity index (χ2n) is 4.54. The second kappa shape index (κ2) is 5.40. The van der Waals surface area contributed by atoms with Crippen LogP contribution in [0.5, 0.6) is 0 Å². The van der Waals surface area contributed by atoms with Crippen LogP contribution in [0.15, 0.2) is 48.5 Å². The molecule has 0 amide bonds. The van der Waals surface area contributed by atoms with Crippen molar-refractivity contribution in [1.82, 2.24) is 14.5 Å². The van der Waals surface area contributed by atoms with Gasteiger partial charge in [0.25, 0.3) is 0 Å². The Morgan fingerprint density at radius 2 is 2.39 bits per heavy atom. The highest BCUT2D eigenvalue weighted by Gasteiger charge is 2.20. The summed E-state index contributed by atoms with van der Waals surface area (Å²) in [6, 6.07) is 4.94. The van der Waals surface area contributed by atoms with Crippen molar-refractivity contribution in [3.05, 3.63) is 53.4 Å². The Bertz CT molecular complexity index is 487. The number of rotatable bonds is 5. The van der Waals surface area contributed by atoms with Gasteiger partial charge in [0, 0.05) is 30.4 Å². The maximum absolute atomic E-state index is 4.07. The summed E-state index contributed by atoms with van der Waals surface area (Å²) < 4.78 is 2.14. The number of hydrogen-bond donors (Lipinski definition) is 0. The van der Waals surface area contributed by atoms with E-state index in [-0.39, 0.29) is 0 Å². The molecule has 94 valence electrons. The molecule has 0 N–H and O–H groups in total. The highest BCUT2D eigenvalue weighted by atomic mass is 32.1. The first kappa shape index (κ1) is 11.5. The Balaban J connectivity index is 1.54. The minimum atomic E-state index is 0.563. The minimum absolute atomic E-state index is 0.563. The molecule has 0 bridgehead atoms. The van der Waals surface area contributed by atoms with Gasteiger partial charge in [0.1, 0.15) is 0 Å². The van der Waals surface area contributed by atoms with Gasteiger partial charge in [-0.25, -0.2) is 4.98 Å². The van der Waals surface area contributed by atoms with E-state index >= 15 is 0 Å². The lowest BCUT2D eigenvalue weighted by atomic mass is 10.2. The third-order valence-corrected chi connectivity index (χ3v) is 4.29. The molecule has 0 fully saturated rings. The Morgan fingerprint density at radius 3 is 3.17 bits per heavy atom. The minimum Gasteiger partial charge on any atom is -0.370 e. The Morgan fingerprint density at radius 1 is 1.39 bits per heavy atom. The SMILES string of the molecule is C1=CN(CCCn2ccnc2)C(c2cccs2)C1. The molecule has 1 aliphatic rings. The van der Waals surface area contributed by atoms with E-state index in [4.69, 9.17) is 0 Å². The van der Waals surface area contributed by atoms with Crippen molar-refractivity contribution in [2.24, 2.45) is 0 Å². The van der Waals surface area contributed by atoms with Crippen molar-refractivity contribution in [1.29, 1.82) is 0 Å². The molecular formula is C14H17N3S. The number of aryl methyl sites for hydroxylation is 1. The molecule has 0 aliphatic carbocycles. The quantitative estimate of drug-likeness (QED) is 0.821. The fourth-order valence-corrected chi connectivity index (χ4v) is 3.27. The van der Waals surface area contributed by atoms with Crippen LogP contribution in [0.1, 0.15) is 23.8 Å². The van der Waals surface area contributed by atoms with Crippen LogP contribution in [-0.2, 0) is 6.54 Å². The Hall–Kier alpha value is -1.55. The maximum atomic E-state index is 4.07. The van der Waals surface area contributed by atoms with E-state index in [9.17, 15) is 0 Å². The lowest BCUT2D eigenvalue weighted by Crippen LogP contribution is -2.21. The molecule has 2 aromatic heterocycles. The lowest BCUT2D eigenvalue weighted by Gasteiger charge is -2.24. The summed E-state index contributed by atoms with van der Waals surface area (Å²) in [7, 11) is 0. The van der Waals surface area contributed by atoms with Crippen molar-refractivity contribution in [2.45, 2.75) is 25.4 Å². The predicted octanol–water partition coefficient (Wildman–Crippen LogP) is 3.30. The van der Waals surface area contributed by atoms with Crippen LogP contribution in [0, 0.1) is 0 Å². The van der Waals surface area contributed by atoms with E-state index in [0.29, 0.717) is 6.04 Å². The molecule has 3 nitrogen and oxygen atoms in total. The third kappa shape index (κ3) is 2.48. The van der Waals surface area contributed by atoms with Crippen molar-refractivity contribution >= 4 is 11.3 Å². The highest BCUT2D eigenvalue weighted by molar-refractivity contribution is 7.10. The first-order valence-corrected chi connectivity index (χ1v) is 7.23. The predicted molar refractivity (Wildman–Crippen MR) is 74.4 cm³/mol. The van der Waals surface area contributed by atoms with Crippen LogP contribution in [0.3, 0.4) is 0 Å². The number of nitrogens with zero attached hydrogens (tertiary/aromatic N) is 3. The standard InChI is InChI=1S/C14H17N3S/c1-4-13(14-5-2-11-18-14)17(8-1)9-3-7-16-10-6-15-12-16/h1-2,5-6,8,10-13H,3-4,7,9H2. The lowest BCUT2D eigenvalue weighted by molar-refractivity contribution is 0.298. The van der Waals surface area contributed by atoms with Crippen LogP contribution < -0.4 is 0 Å². The smallest absolute Gasteiger partial charge is 0.0945 e. The average Bonchev–Trinajstić information content (AvgIpc) is 3.12. The fraction of sp³-hybridized carbons (Fsp3) is 0.357. The summed E-state index contributed by atoms with van der Waals surface area (Å²) in [4.78, 5) is 8.00. The zero-order valence-corrected chi connectivity index (χ0v) is 11.1. The summed E-state index contributed by atoms with van der Waals surface area (Å²) in [5, 5.41) is 2.16. The second-order valence-corrected chi connectivity index (χ2v) is 5.52. The molecule has 18 heavy (non-hydrogen) atoms. The van der Waals surface area contributed by atoms with Crippen LogP contribution >= 0.6 is 11.3 Å². The van der Waals surface area contributed by atoms with E-state index in [1.807, 2.05) is 30.1 Å². The number of thiophene rings is 1. The zero-order chi connectivity index (χ0) is 12.2. The summed E-state index contributed by atoms with van der Waals surface area (Å²) >= 11 is 1.86. The molecule has 1 aliphatic heterocycles. The van der Waals surface area contributed by atoms with Crippen LogP contribution in [0.4, 0.5) is 0 Å². The third-order valence-electron chi connectivity index (χ3n) is 3.32. The normalized spacial score (nSPS) is 18.7. The first-order valence-electron chi connectivity index (χ1n) is 6.35. The van der Waals surface area contributed by atoms with Crippen LogP contribution in [-0.4, -0.2) is 21.0 Å². The van der Waals surface area contributed by atoms with E-state index < -0.39 is 0 Å². The number of hydrogen-bond acceptors (Lipinski definition) is 3. The molecule has 0 saturated carbocycles. The van der Waals surface area contributed by atoms with Gasteiger partial charge < -0.3 is 9.47 Å². The van der Waals surface area contributed by atoms with E-state index in [1.54, 1.807) is 0 Å².